The molecule has 0 atom stereocenters. The van der Waals surface area contributed by atoms with Crippen LogP contribution in [0.15, 0.2) is 18.2 Å². The van der Waals surface area contributed by atoms with E-state index in [2.05, 4.69) is 10.2 Å². The minimum atomic E-state index is -3.13. The quantitative estimate of drug-likeness (QED) is 0.542. The second kappa shape index (κ2) is 12.0. The molecule has 1 aromatic rings. The molecule has 0 radical (unpaired) electrons. The van der Waals surface area contributed by atoms with Crippen molar-refractivity contribution in [1.29, 1.82) is 0 Å². The van der Waals surface area contributed by atoms with Gasteiger partial charge in [0.1, 0.15) is 0 Å². The number of hydrogen-bond donors (Lipinski definition) is 1. The highest BCUT2D eigenvalue weighted by Gasteiger charge is 2.22. The van der Waals surface area contributed by atoms with E-state index in [1.807, 2.05) is 0 Å². The van der Waals surface area contributed by atoms with Crippen LogP contribution in [0.4, 0.5) is 0 Å². The monoisotopic (exact) mass is 463 g/mol. The van der Waals surface area contributed by atoms with Crippen molar-refractivity contribution in [3.05, 3.63) is 23.8 Å². The molecule has 0 bridgehead atoms. The fraction of sp³-hybridized carbons (Fsp3) is 0.526. The summed E-state index contributed by atoms with van der Waals surface area (Å²) in [6.07, 6.45) is 4.34. The standard InChI is InChI=1S/C19H29N3O6S.ClH/c1-26-16-13-15(14-17(27-2)19(16)28-3)5-6-18(23)20-7-8-21-9-11-22(12-10-21)29(4,24)25;/h5-6,13-14H,7-12H2,1-4H3,(H,20,23);1H. The predicted molar refractivity (Wildman–Crippen MR) is 118 cm³/mol. The van der Waals surface area contributed by atoms with Gasteiger partial charge in [0.05, 0.1) is 27.6 Å². The maximum atomic E-state index is 12.1. The van der Waals surface area contributed by atoms with Gasteiger partial charge in [-0.1, -0.05) is 0 Å². The number of sulfonamides is 1. The molecule has 0 saturated carbocycles. The zero-order valence-electron chi connectivity index (χ0n) is 17.7. The van der Waals surface area contributed by atoms with E-state index in [4.69, 9.17) is 14.2 Å². The summed E-state index contributed by atoms with van der Waals surface area (Å²) in [5, 5.41) is 2.83. The van der Waals surface area contributed by atoms with Crippen LogP contribution in [0.2, 0.25) is 0 Å². The Morgan fingerprint density at radius 1 is 1.07 bits per heavy atom. The maximum Gasteiger partial charge on any atom is 0.244 e. The average Bonchev–Trinajstić information content (AvgIpc) is 2.71. The number of piperazine rings is 1. The van der Waals surface area contributed by atoms with Gasteiger partial charge in [0, 0.05) is 45.3 Å². The van der Waals surface area contributed by atoms with Crippen LogP contribution in [0, 0.1) is 0 Å². The molecule has 0 aromatic heterocycles. The van der Waals surface area contributed by atoms with Crippen LogP contribution in [0.1, 0.15) is 5.56 Å². The van der Waals surface area contributed by atoms with Gasteiger partial charge < -0.3 is 19.5 Å². The SMILES string of the molecule is COc1cc(C=CC(=O)NCCN2CCN(S(C)(=O)=O)CC2)cc(OC)c1OC.Cl. The normalized spacial score (nSPS) is 15.5. The third-order valence-corrected chi connectivity index (χ3v) is 5.94. The summed E-state index contributed by atoms with van der Waals surface area (Å²) in [4.78, 5) is 14.2. The van der Waals surface area contributed by atoms with Crippen molar-refractivity contribution in [2.45, 2.75) is 0 Å². The lowest BCUT2D eigenvalue weighted by Gasteiger charge is -2.33. The number of rotatable bonds is 9. The van der Waals surface area contributed by atoms with E-state index in [1.165, 1.54) is 38.0 Å². The van der Waals surface area contributed by atoms with E-state index >= 15 is 0 Å². The summed E-state index contributed by atoms with van der Waals surface area (Å²) in [6, 6.07) is 3.51. The van der Waals surface area contributed by atoms with E-state index in [1.54, 1.807) is 18.2 Å². The van der Waals surface area contributed by atoms with Crippen LogP contribution in [0.3, 0.4) is 0 Å². The van der Waals surface area contributed by atoms with Gasteiger partial charge in [0.2, 0.25) is 21.7 Å². The molecule has 1 aliphatic heterocycles. The molecule has 0 spiro atoms. The minimum absolute atomic E-state index is 0. The third-order valence-electron chi connectivity index (χ3n) is 4.64. The number of hydrogen-bond acceptors (Lipinski definition) is 7. The van der Waals surface area contributed by atoms with E-state index in [0.29, 0.717) is 56.5 Å². The van der Waals surface area contributed by atoms with Gasteiger partial charge in [-0.05, 0) is 23.8 Å². The number of halogens is 1. The highest BCUT2D eigenvalue weighted by atomic mass is 35.5. The molecule has 30 heavy (non-hydrogen) atoms. The summed E-state index contributed by atoms with van der Waals surface area (Å²) < 4.78 is 40.4. The Morgan fingerprint density at radius 3 is 2.10 bits per heavy atom. The Morgan fingerprint density at radius 2 is 1.63 bits per heavy atom. The molecule has 0 unspecified atom stereocenters. The van der Waals surface area contributed by atoms with Gasteiger partial charge in [0.25, 0.3) is 0 Å². The number of amides is 1. The van der Waals surface area contributed by atoms with Crippen LogP contribution in [-0.4, -0.2) is 90.4 Å². The van der Waals surface area contributed by atoms with E-state index < -0.39 is 10.0 Å². The van der Waals surface area contributed by atoms with Gasteiger partial charge in [-0.2, -0.15) is 4.31 Å². The van der Waals surface area contributed by atoms with Crippen molar-refractivity contribution in [2.24, 2.45) is 0 Å². The first-order valence-corrected chi connectivity index (χ1v) is 11.1. The molecule has 1 heterocycles. The Labute approximate surface area is 184 Å². The van der Waals surface area contributed by atoms with E-state index in [0.717, 1.165) is 5.56 Å². The molecule has 1 aromatic carbocycles. The highest BCUT2D eigenvalue weighted by molar-refractivity contribution is 7.88. The van der Waals surface area contributed by atoms with Crippen LogP contribution >= 0.6 is 12.4 Å². The zero-order chi connectivity index (χ0) is 21.4. The Balaban J connectivity index is 0.00000450. The number of methoxy groups -OCH3 is 3. The Hall–Kier alpha value is -2.01. The summed E-state index contributed by atoms with van der Waals surface area (Å²) in [5.41, 5.74) is 0.742. The third kappa shape index (κ3) is 7.35. The van der Waals surface area contributed by atoms with Crippen LogP contribution in [0.25, 0.3) is 6.08 Å². The molecule has 170 valence electrons. The van der Waals surface area contributed by atoms with Gasteiger partial charge in [0.15, 0.2) is 11.5 Å². The summed E-state index contributed by atoms with van der Waals surface area (Å²) in [7, 11) is 1.47. The largest absolute Gasteiger partial charge is 0.493 e. The fourth-order valence-electron chi connectivity index (χ4n) is 3.05. The van der Waals surface area contributed by atoms with Gasteiger partial charge in [-0.25, -0.2) is 8.42 Å². The summed E-state index contributed by atoms with van der Waals surface area (Å²) in [6.45, 7) is 3.43. The number of nitrogens with zero attached hydrogens (tertiary/aromatic N) is 2. The zero-order valence-corrected chi connectivity index (χ0v) is 19.3. The smallest absolute Gasteiger partial charge is 0.244 e. The van der Waals surface area contributed by atoms with Gasteiger partial charge >= 0.3 is 0 Å². The number of benzene rings is 1. The van der Waals surface area contributed by atoms with Crippen molar-refractivity contribution in [2.75, 3.05) is 66.9 Å². The first kappa shape index (κ1) is 26.0. The molecule has 1 amide bonds. The highest BCUT2D eigenvalue weighted by Crippen LogP contribution is 2.38. The molecule has 11 heteroatoms. The lowest BCUT2D eigenvalue weighted by atomic mass is 10.1. The van der Waals surface area contributed by atoms with Crippen molar-refractivity contribution in [3.8, 4) is 17.2 Å². The first-order chi connectivity index (χ1) is 13.8. The molecule has 9 nitrogen and oxygen atoms in total. The topological polar surface area (TPSA) is 97.4 Å². The van der Waals surface area contributed by atoms with Crippen LogP contribution < -0.4 is 19.5 Å². The lowest BCUT2D eigenvalue weighted by Crippen LogP contribution is -2.49. The predicted octanol–water partition coefficient (Wildman–Crippen LogP) is 0.841. The Kier molecular flexibility index (Phi) is 10.4. The molecule has 1 saturated heterocycles. The number of nitrogens with one attached hydrogen (secondary N) is 1. The molecular formula is C19H30ClN3O6S. The van der Waals surface area contributed by atoms with E-state index in [-0.39, 0.29) is 18.3 Å². The van der Waals surface area contributed by atoms with E-state index in [9.17, 15) is 13.2 Å². The second-order valence-electron chi connectivity index (χ2n) is 6.59. The van der Waals surface area contributed by atoms with Crippen LogP contribution in [-0.2, 0) is 14.8 Å². The minimum Gasteiger partial charge on any atom is -0.493 e. The second-order valence-corrected chi connectivity index (χ2v) is 8.57. The lowest BCUT2D eigenvalue weighted by molar-refractivity contribution is -0.116. The van der Waals surface area contributed by atoms with Crippen molar-refractivity contribution in [3.63, 3.8) is 0 Å². The maximum absolute atomic E-state index is 12.1. The average molecular weight is 464 g/mol. The number of carbonyl (C=O) groups excluding carboxylic acids is 1. The molecule has 2 rings (SSSR count). The number of ether oxygens (including phenoxy) is 3. The summed E-state index contributed by atoms with van der Waals surface area (Å²) >= 11 is 0. The Bertz CT molecular complexity index is 814. The number of carbonyl (C=O) groups is 1. The summed E-state index contributed by atoms with van der Waals surface area (Å²) in [5.74, 6) is 1.31. The molecule has 0 aliphatic carbocycles. The first-order valence-electron chi connectivity index (χ1n) is 9.22. The molecule has 1 fully saturated rings. The van der Waals surface area contributed by atoms with Crippen molar-refractivity contribution in [1.82, 2.24) is 14.5 Å². The van der Waals surface area contributed by atoms with Crippen molar-refractivity contribution >= 4 is 34.4 Å². The molecule has 1 aliphatic rings. The van der Waals surface area contributed by atoms with Gasteiger partial charge in [-0.3, -0.25) is 9.69 Å². The van der Waals surface area contributed by atoms with Crippen molar-refractivity contribution < 1.29 is 27.4 Å². The molecule has 1 N–H and O–H groups in total. The molecular weight excluding hydrogens is 434 g/mol. The van der Waals surface area contributed by atoms with Gasteiger partial charge in [-0.15, -0.1) is 12.4 Å². The fourth-order valence-corrected chi connectivity index (χ4v) is 3.88. The van der Waals surface area contributed by atoms with Crippen LogP contribution in [0.5, 0.6) is 17.2 Å².